The number of methoxy groups -OCH3 is 1. The third-order valence-electron chi connectivity index (χ3n) is 1.95. The van der Waals surface area contributed by atoms with E-state index in [0.717, 1.165) is 10.6 Å². The normalized spacial score (nSPS) is 10.6. The second-order valence-corrected chi connectivity index (χ2v) is 3.18. The Hall–Kier alpha value is -1.62. The topological polar surface area (TPSA) is 44.1 Å². The van der Waals surface area contributed by atoms with E-state index in [9.17, 15) is 9.18 Å². The van der Waals surface area contributed by atoms with Crippen LogP contribution in [0.2, 0.25) is 5.15 Å². The third-order valence-corrected chi connectivity index (χ3v) is 2.22. The summed E-state index contributed by atoms with van der Waals surface area (Å²) >= 11 is 5.50. The molecular weight excluding hydrogens is 223 g/mol. The lowest BCUT2D eigenvalue weighted by Crippen LogP contribution is -2.09. The van der Waals surface area contributed by atoms with Crippen LogP contribution in [-0.4, -0.2) is 22.8 Å². The van der Waals surface area contributed by atoms with Crippen LogP contribution in [0.3, 0.4) is 0 Å². The summed E-state index contributed by atoms with van der Waals surface area (Å²) in [6.45, 7) is 0. The van der Waals surface area contributed by atoms with Gasteiger partial charge in [0.15, 0.2) is 11.0 Å². The van der Waals surface area contributed by atoms with Gasteiger partial charge in [0.05, 0.1) is 18.1 Å². The Morgan fingerprint density at radius 3 is 3.07 bits per heavy atom. The SMILES string of the molecule is COC(=O)n1ccc2nc(Cl)c(F)cc21. The van der Waals surface area contributed by atoms with Crippen molar-refractivity contribution in [2.75, 3.05) is 7.11 Å². The Labute approximate surface area is 89.2 Å². The molecule has 15 heavy (non-hydrogen) atoms. The smallest absolute Gasteiger partial charge is 0.418 e. The largest absolute Gasteiger partial charge is 0.452 e. The predicted octanol–water partition coefficient (Wildman–Crippen LogP) is 2.44. The number of aromatic nitrogens is 2. The highest BCUT2D eigenvalue weighted by Crippen LogP contribution is 2.20. The number of pyridine rings is 1. The van der Waals surface area contributed by atoms with Crippen LogP contribution in [0.25, 0.3) is 11.0 Å². The van der Waals surface area contributed by atoms with Crippen molar-refractivity contribution in [2.45, 2.75) is 0 Å². The lowest BCUT2D eigenvalue weighted by Gasteiger charge is -2.01. The van der Waals surface area contributed by atoms with Crippen LogP contribution in [0.4, 0.5) is 9.18 Å². The van der Waals surface area contributed by atoms with Gasteiger partial charge >= 0.3 is 6.09 Å². The maximum atomic E-state index is 13.1. The van der Waals surface area contributed by atoms with Crippen LogP contribution in [0.1, 0.15) is 0 Å². The number of ether oxygens (including phenoxy) is 1. The molecule has 2 aromatic rings. The second-order valence-electron chi connectivity index (χ2n) is 2.82. The Bertz CT molecular complexity index is 538. The fourth-order valence-corrected chi connectivity index (χ4v) is 1.41. The minimum absolute atomic E-state index is 0.217. The lowest BCUT2D eigenvalue weighted by molar-refractivity contribution is 0.174. The van der Waals surface area contributed by atoms with Crippen LogP contribution in [0.5, 0.6) is 0 Å². The maximum absolute atomic E-state index is 13.1. The van der Waals surface area contributed by atoms with E-state index in [2.05, 4.69) is 9.72 Å². The van der Waals surface area contributed by atoms with Gasteiger partial charge in [-0.1, -0.05) is 11.6 Å². The lowest BCUT2D eigenvalue weighted by atomic mass is 10.4. The molecule has 0 saturated heterocycles. The molecule has 0 aliphatic carbocycles. The molecule has 0 unspecified atom stereocenters. The molecule has 0 radical (unpaired) electrons. The van der Waals surface area contributed by atoms with E-state index in [1.807, 2.05) is 0 Å². The van der Waals surface area contributed by atoms with Gasteiger partial charge in [-0.3, -0.25) is 4.57 Å². The van der Waals surface area contributed by atoms with Crippen molar-refractivity contribution in [3.05, 3.63) is 29.3 Å². The first kappa shape index (κ1) is 9.92. The molecular formula is C9H6ClFN2O2. The quantitative estimate of drug-likeness (QED) is 0.651. The fourth-order valence-electron chi connectivity index (χ4n) is 1.27. The molecule has 0 aliphatic heterocycles. The van der Waals surface area contributed by atoms with Crippen LogP contribution in [0, 0.1) is 5.82 Å². The molecule has 0 N–H and O–H groups in total. The zero-order valence-corrected chi connectivity index (χ0v) is 8.45. The Morgan fingerprint density at radius 1 is 1.67 bits per heavy atom. The van der Waals surface area contributed by atoms with Crippen molar-refractivity contribution >= 4 is 28.7 Å². The predicted molar refractivity (Wildman–Crippen MR) is 52.5 cm³/mol. The Morgan fingerprint density at radius 2 is 2.40 bits per heavy atom. The molecule has 6 heteroatoms. The zero-order chi connectivity index (χ0) is 11.0. The van der Waals surface area contributed by atoms with Gasteiger partial charge in [-0.25, -0.2) is 14.2 Å². The van der Waals surface area contributed by atoms with Crippen LogP contribution in [-0.2, 0) is 4.74 Å². The van der Waals surface area contributed by atoms with E-state index in [1.54, 1.807) is 6.07 Å². The third kappa shape index (κ3) is 1.55. The number of rotatable bonds is 0. The van der Waals surface area contributed by atoms with Crippen molar-refractivity contribution in [1.29, 1.82) is 0 Å². The molecule has 4 nitrogen and oxygen atoms in total. The van der Waals surface area contributed by atoms with Crippen molar-refractivity contribution in [3.63, 3.8) is 0 Å². The van der Waals surface area contributed by atoms with E-state index < -0.39 is 11.9 Å². The molecule has 2 heterocycles. The highest BCUT2D eigenvalue weighted by atomic mass is 35.5. The fraction of sp³-hybridized carbons (Fsp3) is 0.111. The molecule has 78 valence electrons. The molecule has 0 atom stereocenters. The molecule has 0 fully saturated rings. The molecule has 0 aliphatic rings. The van der Waals surface area contributed by atoms with Gasteiger partial charge in [0.2, 0.25) is 0 Å². The van der Waals surface area contributed by atoms with Crippen molar-refractivity contribution in [2.24, 2.45) is 0 Å². The first-order valence-electron chi connectivity index (χ1n) is 4.05. The summed E-state index contributed by atoms with van der Waals surface area (Å²) in [7, 11) is 1.24. The number of carbonyl (C=O) groups is 1. The van der Waals surface area contributed by atoms with Crippen molar-refractivity contribution in [1.82, 2.24) is 9.55 Å². The molecule has 0 bridgehead atoms. The molecule has 0 spiro atoms. The average Bonchev–Trinajstić information content (AvgIpc) is 2.61. The van der Waals surface area contributed by atoms with E-state index >= 15 is 0 Å². The highest BCUT2D eigenvalue weighted by Gasteiger charge is 2.12. The van der Waals surface area contributed by atoms with Gasteiger partial charge in [-0.15, -0.1) is 0 Å². The van der Waals surface area contributed by atoms with E-state index in [0.29, 0.717) is 11.0 Å². The Kier molecular flexibility index (Phi) is 2.32. The molecule has 0 amide bonds. The number of fused-ring (bicyclic) bond motifs is 1. The summed E-state index contributed by atoms with van der Waals surface area (Å²) in [5, 5.41) is -0.217. The highest BCUT2D eigenvalue weighted by molar-refractivity contribution is 6.29. The maximum Gasteiger partial charge on any atom is 0.418 e. The Balaban J connectivity index is 2.69. The van der Waals surface area contributed by atoms with E-state index in [4.69, 9.17) is 11.6 Å². The minimum Gasteiger partial charge on any atom is -0.452 e. The number of hydrogen-bond acceptors (Lipinski definition) is 3. The van der Waals surface area contributed by atoms with Crippen molar-refractivity contribution < 1.29 is 13.9 Å². The standard InChI is InChI=1S/C9H6ClFN2O2/c1-15-9(14)13-3-2-6-7(13)4-5(11)8(10)12-6/h2-4H,1H3. The number of hydrogen-bond donors (Lipinski definition) is 0. The average molecular weight is 229 g/mol. The summed E-state index contributed by atoms with van der Waals surface area (Å²) in [5.74, 6) is -0.673. The zero-order valence-electron chi connectivity index (χ0n) is 7.70. The van der Waals surface area contributed by atoms with Gasteiger partial charge in [0.1, 0.15) is 0 Å². The van der Waals surface area contributed by atoms with Gasteiger partial charge in [0, 0.05) is 12.3 Å². The summed E-state index contributed by atoms with van der Waals surface area (Å²) in [6, 6.07) is 2.69. The van der Waals surface area contributed by atoms with Crippen LogP contribution in [0.15, 0.2) is 18.3 Å². The van der Waals surface area contributed by atoms with E-state index in [1.165, 1.54) is 13.3 Å². The molecule has 2 aromatic heterocycles. The first-order valence-corrected chi connectivity index (χ1v) is 4.42. The van der Waals surface area contributed by atoms with Crippen LogP contribution >= 0.6 is 11.6 Å². The summed E-state index contributed by atoms with van der Waals surface area (Å²) in [4.78, 5) is 15.0. The number of nitrogens with zero attached hydrogens (tertiary/aromatic N) is 2. The van der Waals surface area contributed by atoms with Crippen molar-refractivity contribution in [3.8, 4) is 0 Å². The summed E-state index contributed by atoms with van der Waals surface area (Å²) < 4.78 is 18.8. The molecule has 2 rings (SSSR count). The van der Waals surface area contributed by atoms with Crippen LogP contribution < -0.4 is 0 Å². The summed E-state index contributed by atoms with van der Waals surface area (Å²) in [5.41, 5.74) is 0.760. The minimum atomic E-state index is -0.673. The van der Waals surface area contributed by atoms with E-state index in [-0.39, 0.29) is 5.15 Å². The first-order chi connectivity index (χ1) is 7.13. The molecule has 0 aromatic carbocycles. The van der Waals surface area contributed by atoms with Gasteiger partial charge in [-0.2, -0.15) is 0 Å². The van der Waals surface area contributed by atoms with Gasteiger partial charge in [0.25, 0.3) is 0 Å². The second kappa shape index (κ2) is 3.51. The summed E-state index contributed by atoms with van der Waals surface area (Å²) in [6.07, 6.45) is 0.840. The molecule has 0 saturated carbocycles. The number of carbonyl (C=O) groups excluding carboxylic acids is 1. The van der Waals surface area contributed by atoms with Gasteiger partial charge in [-0.05, 0) is 6.07 Å². The number of halogens is 2. The van der Waals surface area contributed by atoms with Gasteiger partial charge < -0.3 is 4.74 Å². The monoisotopic (exact) mass is 228 g/mol.